The number of halogens is 2. The van der Waals surface area contributed by atoms with Gasteiger partial charge in [0.25, 0.3) is 5.92 Å². The summed E-state index contributed by atoms with van der Waals surface area (Å²) in [6.07, 6.45) is 4.76. The minimum atomic E-state index is -2.92. The third kappa shape index (κ3) is 4.62. The van der Waals surface area contributed by atoms with Crippen molar-refractivity contribution < 1.29 is 18.3 Å². The van der Waals surface area contributed by atoms with Gasteiger partial charge in [0.05, 0.1) is 18.0 Å². The largest absolute Gasteiger partial charge is 0.457 e. The van der Waals surface area contributed by atoms with Crippen LogP contribution in [-0.2, 0) is 17.3 Å². The number of benzene rings is 1. The Morgan fingerprint density at radius 2 is 1.96 bits per heavy atom. The molecule has 1 aromatic carbocycles. The van der Waals surface area contributed by atoms with E-state index in [1.165, 1.54) is 16.8 Å². The van der Waals surface area contributed by atoms with Crippen molar-refractivity contribution in [2.45, 2.75) is 32.5 Å². The van der Waals surface area contributed by atoms with Gasteiger partial charge in [-0.25, -0.2) is 23.4 Å². The number of hydrogen-bond donors (Lipinski definition) is 0. The standard InChI is InChI=1S/C18H19F2N5O2/c1-12(26-3)13-8-21-17(22-9-13)27-11-15-10-25(24-23-15)16-6-4-5-14(7-16)18(2,19)20/h4-10,12H,11H2,1-3H3. The lowest BCUT2D eigenvalue weighted by atomic mass is 10.1. The van der Waals surface area contributed by atoms with Gasteiger partial charge >= 0.3 is 6.01 Å². The lowest BCUT2D eigenvalue weighted by Crippen LogP contribution is -2.08. The SMILES string of the molecule is COC(C)c1cnc(OCc2cn(-c3cccc(C(C)(F)F)c3)nn2)nc1. The van der Waals surface area contributed by atoms with Gasteiger partial charge in [-0.3, -0.25) is 0 Å². The highest BCUT2D eigenvalue weighted by molar-refractivity contribution is 5.36. The van der Waals surface area contributed by atoms with Crippen molar-refractivity contribution >= 4 is 0 Å². The van der Waals surface area contributed by atoms with Crippen LogP contribution in [0.5, 0.6) is 6.01 Å². The summed E-state index contributed by atoms with van der Waals surface area (Å²) in [7, 11) is 1.61. The Kier molecular flexibility index (Phi) is 5.41. The zero-order chi connectivity index (χ0) is 19.4. The van der Waals surface area contributed by atoms with Gasteiger partial charge in [-0.1, -0.05) is 17.3 Å². The molecule has 0 amide bonds. The maximum atomic E-state index is 13.5. The molecular weight excluding hydrogens is 356 g/mol. The fourth-order valence-electron chi connectivity index (χ4n) is 2.30. The first-order chi connectivity index (χ1) is 12.9. The van der Waals surface area contributed by atoms with Gasteiger partial charge in [-0.2, -0.15) is 0 Å². The third-order valence-electron chi connectivity index (χ3n) is 3.98. The highest BCUT2D eigenvalue weighted by Crippen LogP contribution is 2.28. The van der Waals surface area contributed by atoms with E-state index in [1.807, 2.05) is 6.92 Å². The lowest BCUT2D eigenvalue weighted by Gasteiger charge is -2.11. The molecule has 0 spiro atoms. The Hall–Kier alpha value is -2.94. The average Bonchev–Trinajstić information content (AvgIpc) is 3.15. The summed E-state index contributed by atoms with van der Waals surface area (Å²) in [6.45, 7) is 2.84. The molecule has 0 N–H and O–H groups in total. The minimum Gasteiger partial charge on any atom is -0.457 e. The summed E-state index contributed by atoms with van der Waals surface area (Å²) in [4.78, 5) is 8.23. The van der Waals surface area contributed by atoms with E-state index in [1.54, 1.807) is 37.8 Å². The summed E-state index contributed by atoms with van der Waals surface area (Å²) >= 11 is 0. The molecule has 2 heterocycles. The second-order valence-corrected chi connectivity index (χ2v) is 6.06. The van der Waals surface area contributed by atoms with Crippen LogP contribution in [0, 0.1) is 0 Å². The molecule has 142 valence electrons. The molecule has 2 aromatic heterocycles. The Balaban J connectivity index is 1.66. The lowest BCUT2D eigenvalue weighted by molar-refractivity contribution is 0.0174. The molecular formula is C18H19F2N5O2. The van der Waals surface area contributed by atoms with Crippen LogP contribution in [0.2, 0.25) is 0 Å². The van der Waals surface area contributed by atoms with Gasteiger partial charge in [0.15, 0.2) is 0 Å². The maximum absolute atomic E-state index is 13.5. The molecule has 0 aliphatic carbocycles. The Bertz CT molecular complexity index is 893. The zero-order valence-electron chi connectivity index (χ0n) is 15.1. The highest BCUT2D eigenvalue weighted by Gasteiger charge is 2.24. The minimum absolute atomic E-state index is 0.0907. The third-order valence-corrected chi connectivity index (χ3v) is 3.98. The van der Waals surface area contributed by atoms with Crippen LogP contribution in [0.3, 0.4) is 0 Å². The first-order valence-electron chi connectivity index (χ1n) is 8.24. The van der Waals surface area contributed by atoms with Crippen molar-refractivity contribution in [2.75, 3.05) is 7.11 Å². The molecule has 0 radical (unpaired) electrons. The molecule has 0 saturated carbocycles. The van der Waals surface area contributed by atoms with Gasteiger partial charge in [0.1, 0.15) is 12.3 Å². The van der Waals surface area contributed by atoms with Crippen molar-refractivity contribution in [3.63, 3.8) is 0 Å². The molecule has 3 aromatic rings. The van der Waals surface area contributed by atoms with Crippen LogP contribution in [0.4, 0.5) is 8.78 Å². The molecule has 0 fully saturated rings. The Labute approximate surface area is 155 Å². The van der Waals surface area contributed by atoms with Gasteiger partial charge < -0.3 is 9.47 Å². The molecule has 1 unspecified atom stereocenters. The molecule has 0 aliphatic heterocycles. The van der Waals surface area contributed by atoms with E-state index in [2.05, 4.69) is 20.3 Å². The molecule has 7 nitrogen and oxygen atoms in total. The molecule has 1 atom stereocenters. The highest BCUT2D eigenvalue weighted by atomic mass is 19.3. The van der Waals surface area contributed by atoms with Gasteiger partial charge in [-0.15, -0.1) is 5.10 Å². The van der Waals surface area contributed by atoms with Crippen LogP contribution in [0.25, 0.3) is 5.69 Å². The molecule has 9 heteroatoms. The zero-order valence-corrected chi connectivity index (χ0v) is 15.1. The second-order valence-electron chi connectivity index (χ2n) is 6.06. The van der Waals surface area contributed by atoms with Crippen LogP contribution in [0.1, 0.15) is 36.8 Å². The molecule has 0 bridgehead atoms. The van der Waals surface area contributed by atoms with Crippen LogP contribution in [0.15, 0.2) is 42.9 Å². The van der Waals surface area contributed by atoms with Gasteiger partial charge in [0.2, 0.25) is 0 Å². The fourth-order valence-corrected chi connectivity index (χ4v) is 2.30. The first kappa shape index (κ1) is 18.8. The van der Waals surface area contributed by atoms with Crippen molar-refractivity contribution in [2.24, 2.45) is 0 Å². The maximum Gasteiger partial charge on any atom is 0.316 e. The number of methoxy groups -OCH3 is 1. The summed E-state index contributed by atoms with van der Waals surface area (Å²) < 4.78 is 39.1. The van der Waals surface area contributed by atoms with Gasteiger partial charge in [0, 0.05) is 37.6 Å². The topological polar surface area (TPSA) is 75.0 Å². The summed E-state index contributed by atoms with van der Waals surface area (Å²) in [5.41, 5.74) is 1.75. The predicted molar refractivity (Wildman–Crippen MR) is 92.7 cm³/mol. The van der Waals surface area contributed by atoms with E-state index in [9.17, 15) is 8.78 Å². The fraction of sp³-hybridized carbons (Fsp3) is 0.333. The van der Waals surface area contributed by atoms with E-state index < -0.39 is 5.92 Å². The molecule has 27 heavy (non-hydrogen) atoms. The van der Waals surface area contributed by atoms with E-state index in [4.69, 9.17) is 9.47 Å². The van der Waals surface area contributed by atoms with Crippen molar-refractivity contribution in [1.82, 2.24) is 25.0 Å². The number of hydrogen-bond acceptors (Lipinski definition) is 6. The average molecular weight is 375 g/mol. The first-order valence-corrected chi connectivity index (χ1v) is 8.24. The predicted octanol–water partition coefficient (Wildman–Crippen LogP) is 3.46. The van der Waals surface area contributed by atoms with E-state index in [0.717, 1.165) is 12.5 Å². The van der Waals surface area contributed by atoms with Gasteiger partial charge in [-0.05, 0) is 19.1 Å². The normalized spacial score (nSPS) is 12.8. The van der Waals surface area contributed by atoms with Crippen LogP contribution in [-0.4, -0.2) is 32.1 Å². The van der Waals surface area contributed by atoms with E-state index in [-0.39, 0.29) is 24.3 Å². The number of ether oxygens (including phenoxy) is 2. The van der Waals surface area contributed by atoms with Crippen molar-refractivity contribution in [3.8, 4) is 11.7 Å². The molecule has 0 aliphatic rings. The molecule has 0 saturated heterocycles. The summed E-state index contributed by atoms with van der Waals surface area (Å²) in [5.74, 6) is -2.92. The second kappa shape index (κ2) is 7.75. The van der Waals surface area contributed by atoms with E-state index >= 15 is 0 Å². The summed E-state index contributed by atoms with van der Waals surface area (Å²) in [5, 5.41) is 7.94. The van der Waals surface area contributed by atoms with E-state index in [0.29, 0.717) is 11.4 Å². The number of rotatable bonds is 7. The van der Waals surface area contributed by atoms with Crippen LogP contribution < -0.4 is 4.74 Å². The van der Waals surface area contributed by atoms with Crippen molar-refractivity contribution in [3.05, 3.63) is 59.7 Å². The Morgan fingerprint density at radius 3 is 2.63 bits per heavy atom. The quantitative estimate of drug-likeness (QED) is 0.630. The number of aromatic nitrogens is 5. The number of nitrogens with zero attached hydrogens (tertiary/aromatic N) is 5. The monoisotopic (exact) mass is 375 g/mol. The summed E-state index contributed by atoms with van der Waals surface area (Å²) in [6, 6.07) is 6.17. The molecule has 3 rings (SSSR count). The van der Waals surface area contributed by atoms with Crippen molar-refractivity contribution in [1.29, 1.82) is 0 Å². The Morgan fingerprint density at radius 1 is 1.22 bits per heavy atom. The smallest absolute Gasteiger partial charge is 0.316 e. The van der Waals surface area contributed by atoms with Crippen LogP contribution >= 0.6 is 0 Å². The number of alkyl halides is 2.